The SMILES string of the molecule is COC(=O)/C=C/C(=O)OCCc1ccccc1. The topological polar surface area (TPSA) is 52.6 Å². The Morgan fingerprint density at radius 3 is 2.41 bits per heavy atom. The van der Waals surface area contributed by atoms with Crippen molar-refractivity contribution in [2.24, 2.45) is 0 Å². The Balaban J connectivity index is 2.25. The Kier molecular flexibility index (Phi) is 5.51. The van der Waals surface area contributed by atoms with E-state index in [4.69, 9.17) is 4.74 Å². The molecule has 0 aliphatic heterocycles. The highest BCUT2D eigenvalue weighted by molar-refractivity contribution is 5.91. The highest BCUT2D eigenvalue weighted by atomic mass is 16.5. The van der Waals surface area contributed by atoms with Gasteiger partial charge < -0.3 is 9.47 Å². The first-order valence-corrected chi connectivity index (χ1v) is 5.19. The predicted molar refractivity (Wildman–Crippen MR) is 62.3 cm³/mol. The average molecular weight is 234 g/mol. The molecule has 17 heavy (non-hydrogen) atoms. The first-order valence-electron chi connectivity index (χ1n) is 5.19. The fourth-order valence-electron chi connectivity index (χ4n) is 1.17. The van der Waals surface area contributed by atoms with Gasteiger partial charge in [-0.1, -0.05) is 30.3 Å². The Labute approximate surface area is 99.8 Å². The first-order chi connectivity index (χ1) is 8.22. The molecule has 0 aromatic heterocycles. The van der Waals surface area contributed by atoms with Crippen molar-refractivity contribution in [1.29, 1.82) is 0 Å². The summed E-state index contributed by atoms with van der Waals surface area (Å²) in [5.74, 6) is -1.13. The molecule has 1 rings (SSSR count). The van der Waals surface area contributed by atoms with Gasteiger partial charge in [-0.05, 0) is 5.56 Å². The lowest BCUT2D eigenvalue weighted by Gasteiger charge is -2.01. The van der Waals surface area contributed by atoms with E-state index in [1.165, 1.54) is 7.11 Å². The van der Waals surface area contributed by atoms with Gasteiger partial charge in [0.05, 0.1) is 13.7 Å². The van der Waals surface area contributed by atoms with Crippen LogP contribution in [0.4, 0.5) is 0 Å². The number of carbonyl (C=O) groups is 2. The summed E-state index contributed by atoms with van der Waals surface area (Å²) in [7, 11) is 1.24. The number of esters is 2. The van der Waals surface area contributed by atoms with Gasteiger partial charge in [-0.25, -0.2) is 9.59 Å². The molecule has 4 heteroatoms. The van der Waals surface area contributed by atoms with Crippen LogP contribution in [0.5, 0.6) is 0 Å². The van der Waals surface area contributed by atoms with Crippen LogP contribution in [0.2, 0.25) is 0 Å². The second-order valence-corrected chi connectivity index (χ2v) is 3.26. The lowest BCUT2D eigenvalue weighted by Crippen LogP contribution is -2.06. The standard InChI is InChI=1S/C13H14O4/c1-16-12(14)7-8-13(15)17-10-9-11-5-3-2-4-6-11/h2-8H,9-10H2,1H3/b8-7+. The van der Waals surface area contributed by atoms with Gasteiger partial charge in [-0.15, -0.1) is 0 Å². The maximum absolute atomic E-state index is 11.1. The van der Waals surface area contributed by atoms with Crippen LogP contribution in [0, 0.1) is 0 Å². The second-order valence-electron chi connectivity index (χ2n) is 3.26. The third kappa shape index (κ3) is 5.51. The molecule has 0 amide bonds. The number of carbonyl (C=O) groups excluding carboxylic acids is 2. The second kappa shape index (κ2) is 7.22. The number of hydrogen-bond donors (Lipinski definition) is 0. The molecule has 0 unspecified atom stereocenters. The molecular formula is C13H14O4. The molecule has 0 bridgehead atoms. The van der Waals surface area contributed by atoms with E-state index in [1.807, 2.05) is 30.3 Å². The van der Waals surface area contributed by atoms with E-state index >= 15 is 0 Å². The molecule has 90 valence electrons. The van der Waals surface area contributed by atoms with Crippen molar-refractivity contribution in [3.63, 3.8) is 0 Å². The Bertz CT molecular complexity index is 395. The Morgan fingerprint density at radius 1 is 1.12 bits per heavy atom. The summed E-state index contributed by atoms with van der Waals surface area (Å²) in [4.78, 5) is 21.8. The van der Waals surface area contributed by atoms with E-state index in [2.05, 4.69) is 4.74 Å². The minimum absolute atomic E-state index is 0.286. The molecule has 0 saturated carbocycles. The minimum atomic E-state index is -0.579. The lowest BCUT2D eigenvalue weighted by molar-refractivity contribution is -0.139. The Hall–Kier alpha value is -2.10. The van der Waals surface area contributed by atoms with E-state index in [1.54, 1.807) is 0 Å². The van der Waals surface area contributed by atoms with E-state index in [-0.39, 0.29) is 6.61 Å². The van der Waals surface area contributed by atoms with E-state index in [9.17, 15) is 9.59 Å². The summed E-state index contributed by atoms with van der Waals surface area (Å²) in [5.41, 5.74) is 1.09. The molecule has 0 saturated heterocycles. The van der Waals surface area contributed by atoms with Crippen LogP contribution < -0.4 is 0 Å². The van der Waals surface area contributed by atoms with E-state index < -0.39 is 11.9 Å². The molecule has 0 aliphatic rings. The van der Waals surface area contributed by atoms with Crippen molar-refractivity contribution < 1.29 is 19.1 Å². The fraction of sp³-hybridized carbons (Fsp3) is 0.231. The van der Waals surface area contributed by atoms with Gasteiger partial charge in [0, 0.05) is 18.6 Å². The molecule has 0 spiro atoms. The van der Waals surface area contributed by atoms with Gasteiger partial charge in [0.2, 0.25) is 0 Å². The molecule has 0 atom stereocenters. The number of hydrogen-bond acceptors (Lipinski definition) is 4. The third-order valence-corrected chi connectivity index (χ3v) is 2.03. The summed E-state index contributed by atoms with van der Waals surface area (Å²) in [5, 5.41) is 0. The fourth-order valence-corrected chi connectivity index (χ4v) is 1.17. The first kappa shape index (κ1) is 13.0. The predicted octanol–water partition coefficient (Wildman–Crippen LogP) is 1.50. The molecule has 1 aromatic carbocycles. The minimum Gasteiger partial charge on any atom is -0.466 e. The maximum Gasteiger partial charge on any atom is 0.331 e. The summed E-state index contributed by atoms with van der Waals surface area (Å²) in [6, 6.07) is 9.69. The van der Waals surface area contributed by atoms with Crippen LogP contribution in [0.25, 0.3) is 0 Å². The number of methoxy groups -OCH3 is 1. The van der Waals surface area contributed by atoms with Crippen molar-refractivity contribution >= 4 is 11.9 Å². The molecule has 4 nitrogen and oxygen atoms in total. The maximum atomic E-state index is 11.1. The zero-order valence-corrected chi connectivity index (χ0v) is 9.59. The number of rotatable bonds is 5. The van der Waals surface area contributed by atoms with Gasteiger partial charge in [-0.2, -0.15) is 0 Å². The van der Waals surface area contributed by atoms with Gasteiger partial charge in [0.1, 0.15) is 0 Å². The van der Waals surface area contributed by atoms with Gasteiger partial charge in [0.15, 0.2) is 0 Å². The molecule has 0 fully saturated rings. The number of ether oxygens (including phenoxy) is 2. The van der Waals surface area contributed by atoms with E-state index in [0.29, 0.717) is 6.42 Å². The summed E-state index contributed by atoms with van der Waals surface area (Å²) < 4.78 is 9.25. The normalized spacial score (nSPS) is 10.2. The van der Waals surface area contributed by atoms with Crippen LogP contribution in [0.3, 0.4) is 0 Å². The summed E-state index contributed by atoms with van der Waals surface area (Å²) in [6.07, 6.45) is 2.74. The average Bonchev–Trinajstić information content (AvgIpc) is 2.37. The van der Waals surface area contributed by atoms with Crippen molar-refractivity contribution in [1.82, 2.24) is 0 Å². The quantitative estimate of drug-likeness (QED) is 0.572. The Morgan fingerprint density at radius 2 is 1.76 bits per heavy atom. The van der Waals surface area contributed by atoms with Crippen LogP contribution in [0.1, 0.15) is 5.56 Å². The highest BCUT2D eigenvalue weighted by Gasteiger charge is 1.99. The molecular weight excluding hydrogens is 220 g/mol. The number of benzene rings is 1. The molecule has 0 radical (unpaired) electrons. The smallest absolute Gasteiger partial charge is 0.331 e. The van der Waals surface area contributed by atoms with Crippen LogP contribution in [0.15, 0.2) is 42.5 Å². The third-order valence-electron chi connectivity index (χ3n) is 2.03. The molecule has 0 heterocycles. The van der Waals surface area contributed by atoms with Gasteiger partial charge in [0.25, 0.3) is 0 Å². The van der Waals surface area contributed by atoms with Crippen LogP contribution >= 0.6 is 0 Å². The summed E-state index contributed by atoms with van der Waals surface area (Å²) >= 11 is 0. The van der Waals surface area contributed by atoms with Gasteiger partial charge in [-0.3, -0.25) is 0 Å². The van der Waals surface area contributed by atoms with Crippen LogP contribution in [-0.2, 0) is 25.5 Å². The zero-order chi connectivity index (χ0) is 12.5. The van der Waals surface area contributed by atoms with Crippen molar-refractivity contribution in [2.45, 2.75) is 6.42 Å². The molecule has 1 aromatic rings. The summed E-state index contributed by atoms with van der Waals surface area (Å²) in [6.45, 7) is 0.286. The van der Waals surface area contributed by atoms with E-state index in [0.717, 1.165) is 17.7 Å². The highest BCUT2D eigenvalue weighted by Crippen LogP contribution is 1.99. The zero-order valence-electron chi connectivity index (χ0n) is 9.59. The largest absolute Gasteiger partial charge is 0.466 e. The molecule has 0 aliphatic carbocycles. The van der Waals surface area contributed by atoms with Gasteiger partial charge >= 0.3 is 11.9 Å². The molecule has 0 N–H and O–H groups in total. The van der Waals surface area contributed by atoms with Crippen molar-refractivity contribution in [3.05, 3.63) is 48.0 Å². The van der Waals surface area contributed by atoms with Crippen molar-refractivity contribution in [2.75, 3.05) is 13.7 Å². The monoisotopic (exact) mass is 234 g/mol. The van der Waals surface area contributed by atoms with Crippen molar-refractivity contribution in [3.8, 4) is 0 Å². The lowest BCUT2D eigenvalue weighted by atomic mass is 10.2. The van der Waals surface area contributed by atoms with Crippen LogP contribution in [-0.4, -0.2) is 25.7 Å².